The predicted octanol–water partition coefficient (Wildman–Crippen LogP) is 3.01. The zero-order valence-corrected chi connectivity index (χ0v) is 16.1. The van der Waals surface area contributed by atoms with Crippen LogP contribution in [0.15, 0.2) is 66.0 Å². The monoisotopic (exact) mass is 410 g/mol. The minimum Gasteiger partial charge on any atom is -0.482 e. The van der Waals surface area contributed by atoms with Gasteiger partial charge in [-0.2, -0.15) is 0 Å². The quantitative estimate of drug-likeness (QED) is 0.438. The van der Waals surface area contributed by atoms with Crippen molar-refractivity contribution < 1.29 is 23.9 Å². The third-order valence-electron chi connectivity index (χ3n) is 3.75. The maximum absolute atomic E-state index is 12.0. The lowest BCUT2D eigenvalue weighted by atomic mass is 10.1. The Labute approximate surface area is 171 Å². The molecule has 0 radical (unpaired) electrons. The lowest BCUT2D eigenvalue weighted by Gasteiger charge is -2.08. The molecule has 29 heavy (non-hydrogen) atoms. The number of thiophene rings is 1. The molecule has 0 atom stereocenters. The van der Waals surface area contributed by atoms with Crippen LogP contribution in [0.2, 0.25) is 0 Å². The van der Waals surface area contributed by atoms with E-state index >= 15 is 0 Å². The fourth-order valence-electron chi connectivity index (χ4n) is 2.41. The second-order valence-corrected chi connectivity index (χ2v) is 6.95. The highest BCUT2D eigenvalue weighted by Crippen LogP contribution is 2.18. The molecule has 0 fully saturated rings. The number of carbonyl (C=O) groups is 3. The van der Waals surface area contributed by atoms with E-state index in [1.807, 2.05) is 5.38 Å². The molecule has 148 valence electrons. The van der Waals surface area contributed by atoms with Crippen LogP contribution < -0.4 is 20.5 Å². The summed E-state index contributed by atoms with van der Waals surface area (Å²) >= 11 is 1.35. The summed E-state index contributed by atoms with van der Waals surface area (Å²) in [5, 5.41) is 4.59. The van der Waals surface area contributed by atoms with Gasteiger partial charge < -0.3 is 20.5 Å². The average Bonchev–Trinajstić information content (AvgIpc) is 3.24. The van der Waals surface area contributed by atoms with E-state index in [0.29, 0.717) is 22.1 Å². The van der Waals surface area contributed by atoms with Gasteiger partial charge >= 0.3 is 5.97 Å². The number of hydrogen-bond acceptors (Lipinski definition) is 6. The highest BCUT2D eigenvalue weighted by molar-refractivity contribution is 7.12. The van der Waals surface area contributed by atoms with Crippen molar-refractivity contribution in [2.75, 3.05) is 11.9 Å². The van der Waals surface area contributed by atoms with Crippen molar-refractivity contribution in [3.05, 3.63) is 76.5 Å². The molecule has 1 aromatic heterocycles. The average molecular weight is 410 g/mol. The Hall–Kier alpha value is -3.65. The summed E-state index contributed by atoms with van der Waals surface area (Å²) < 4.78 is 10.6. The molecule has 3 rings (SSSR count). The first kappa shape index (κ1) is 20.1. The minimum absolute atomic E-state index is 0.145. The highest BCUT2D eigenvalue weighted by atomic mass is 32.1. The summed E-state index contributed by atoms with van der Waals surface area (Å²) in [5.74, 6) is -0.368. The van der Waals surface area contributed by atoms with Gasteiger partial charge in [0.25, 0.3) is 5.91 Å². The van der Waals surface area contributed by atoms with Gasteiger partial charge in [-0.05, 0) is 53.4 Å². The van der Waals surface area contributed by atoms with Gasteiger partial charge in [-0.1, -0.05) is 18.2 Å². The molecule has 2 aromatic carbocycles. The van der Waals surface area contributed by atoms with Crippen molar-refractivity contribution in [3.63, 3.8) is 0 Å². The second-order valence-electron chi connectivity index (χ2n) is 6.01. The van der Waals surface area contributed by atoms with Gasteiger partial charge in [-0.25, -0.2) is 4.79 Å². The molecule has 2 amide bonds. The molecule has 0 unspecified atom stereocenters. The van der Waals surface area contributed by atoms with E-state index in [4.69, 9.17) is 15.2 Å². The number of hydrogen-bond donors (Lipinski definition) is 2. The number of nitrogens with one attached hydrogen (secondary N) is 1. The van der Waals surface area contributed by atoms with Gasteiger partial charge in [0.1, 0.15) is 11.5 Å². The topological polar surface area (TPSA) is 108 Å². The second kappa shape index (κ2) is 9.52. The number of primary amides is 1. The Morgan fingerprint density at radius 1 is 0.931 bits per heavy atom. The van der Waals surface area contributed by atoms with Crippen molar-refractivity contribution in [2.24, 2.45) is 5.73 Å². The first-order valence-electron chi connectivity index (χ1n) is 8.65. The lowest BCUT2D eigenvalue weighted by molar-refractivity contribution is -0.136. The molecule has 0 saturated carbocycles. The Balaban J connectivity index is 1.46. The Bertz CT molecular complexity index is 983. The van der Waals surface area contributed by atoms with Gasteiger partial charge in [-0.15, -0.1) is 11.3 Å². The number of esters is 1. The number of benzene rings is 2. The lowest BCUT2D eigenvalue weighted by Crippen LogP contribution is -2.18. The van der Waals surface area contributed by atoms with Crippen molar-refractivity contribution in [1.82, 2.24) is 0 Å². The van der Waals surface area contributed by atoms with Gasteiger partial charge in [0.2, 0.25) is 5.91 Å². The summed E-state index contributed by atoms with van der Waals surface area (Å²) in [6, 6.07) is 16.7. The van der Waals surface area contributed by atoms with Crippen LogP contribution in [0.3, 0.4) is 0 Å². The van der Waals surface area contributed by atoms with Crippen LogP contribution >= 0.6 is 11.3 Å². The van der Waals surface area contributed by atoms with E-state index in [-0.39, 0.29) is 18.9 Å². The fraction of sp³-hybridized carbons (Fsp3) is 0.0952. The third kappa shape index (κ3) is 6.18. The molecule has 0 aliphatic heterocycles. The highest BCUT2D eigenvalue weighted by Gasteiger charge is 2.09. The van der Waals surface area contributed by atoms with E-state index in [1.165, 1.54) is 11.3 Å². The molecule has 0 saturated heterocycles. The Morgan fingerprint density at radius 2 is 1.62 bits per heavy atom. The molecular formula is C21H18N2O5S. The summed E-state index contributed by atoms with van der Waals surface area (Å²) in [4.78, 5) is 35.4. The first-order chi connectivity index (χ1) is 14.0. The number of amides is 2. The molecule has 0 spiro atoms. The van der Waals surface area contributed by atoms with Crippen LogP contribution in [0.5, 0.6) is 11.5 Å². The Kier molecular flexibility index (Phi) is 6.59. The molecule has 3 aromatic rings. The smallest absolute Gasteiger partial charge is 0.349 e. The molecule has 7 nitrogen and oxygen atoms in total. The maximum Gasteiger partial charge on any atom is 0.349 e. The van der Waals surface area contributed by atoms with Crippen LogP contribution in [0, 0.1) is 0 Å². The largest absolute Gasteiger partial charge is 0.482 e. The molecule has 0 aliphatic rings. The van der Waals surface area contributed by atoms with Gasteiger partial charge in [0.15, 0.2) is 6.61 Å². The molecule has 8 heteroatoms. The van der Waals surface area contributed by atoms with Crippen LogP contribution in [0.1, 0.15) is 15.2 Å². The van der Waals surface area contributed by atoms with Crippen LogP contribution in [-0.2, 0) is 16.0 Å². The van der Waals surface area contributed by atoms with Crippen LogP contribution in [-0.4, -0.2) is 24.4 Å². The van der Waals surface area contributed by atoms with Crippen molar-refractivity contribution in [3.8, 4) is 11.5 Å². The number of anilines is 1. The molecule has 1 heterocycles. The Morgan fingerprint density at radius 3 is 2.24 bits per heavy atom. The summed E-state index contributed by atoms with van der Waals surface area (Å²) in [6.07, 6.45) is 0.145. The number of rotatable bonds is 8. The van der Waals surface area contributed by atoms with Crippen LogP contribution in [0.25, 0.3) is 0 Å². The fourth-order valence-corrected chi connectivity index (χ4v) is 3.03. The number of carbonyl (C=O) groups excluding carboxylic acids is 3. The summed E-state index contributed by atoms with van der Waals surface area (Å²) in [5.41, 5.74) is 6.49. The van der Waals surface area contributed by atoms with Crippen molar-refractivity contribution in [2.45, 2.75) is 6.42 Å². The number of nitrogens with two attached hydrogens (primary N) is 1. The van der Waals surface area contributed by atoms with Crippen molar-refractivity contribution >= 4 is 34.8 Å². The van der Waals surface area contributed by atoms with E-state index in [1.54, 1.807) is 60.7 Å². The van der Waals surface area contributed by atoms with Crippen molar-refractivity contribution in [1.29, 1.82) is 0 Å². The summed E-state index contributed by atoms with van der Waals surface area (Å²) in [7, 11) is 0. The summed E-state index contributed by atoms with van der Waals surface area (Å²) in [6.45, 7) is -0.272. The first-order valence-corrected chi connectivity index (χ1v) is 9.53. The molecule has 3 N–H and O–H groups in total. The zero-order chi connectivity index (χ0) is 20.6. The van der Waals surface area contributed by atoms with Gasteiger partial charge in [-0.3, -0.25) is 9.59 Å². The minimum atomic E-state index is -0.568. The molecule has 0 bridgehead atoms. The predicted molar refractivity (Wildman–Crippen MR) is 109 cm³/mol. The van der Waals surface area contributed by atoms with Crippen LogP contribution in [0.4, 0.5) is 5.69 Å². The van der Waals surface area contributed by atoms with Gasteiger partial charge in [0, 0.05) is 5.69 Å². The SMILES string of the molecule is NC(=O)Cc1ccc(OCC(=O)Oc2ccc(NC(=O)c3cccs3)cc2)cc1. The maximum atomic E-state index is 12.0. The molecule has 0 aliphatic carbocycles. The standard InChI is InChI=1S/C21H18N2O5S/c22-19(24)12-14-3-7-16(8-4-14)27-13-20(25)28-17-9-5-15(6-10-17)23-21(26)18-2-1-11-29-18/h1-11H,12-13H2,(H2,22,24)(H,23,26). The zero-order valence-electron chi connectivity index (χ0n) is 15.3. The van der Waals surface area contributed by atoms with E-state index in [2.05, 4.69) is 5.32 Å². The molecular weight excluding hydrogens is 392 g/mol. The third-order valence-corrected chi connectivity index (χ3v) is 4.62. The van der Waals surface area contributed by atoms with E-state index < -0.39 is 11.9 Å². The normalized spacial score (nSPS) is 10.2. The van der Waals surface area contributed by atoms with Gasteiger partial charge in [0.05, 0.1) is 11.3 Å². The number of ether oxygens (including phenoxy) is 2. The van der Waals surface area contributed by atoms with E-state index in [0.717, 1.165) is 5.56 Å². The van der Waals surface area contributed by atoms with E-state index in [9.17, 15) is 14.4 Å².